The Bertz CT molecular complexity index is 383. The zero-order valence-corrected chi connectivity index (χ0v) is 9.54. The predicted octanol–water partition coefficient (Wildman–Crippen LogP) is 3.22. The predicted molar refractivity (Wildman–Crippen MR) is 61.9 cm³/mol. The summed E-state index contributed by atoms with van der Waals surface area (Å²) in [7, 11) is 0. The summed E-state index contributed by atoms with van der Waals surface area (Å²) < 4.78 is 4.76. The van der Waals surface area contributed by atoms with Crippen molar-refractivity contribution in [2.75, 3.05) is 6.61 Å². The number of ether oxygens (including phenoxy) is 1. The lowest BCUT2D eigenvalue weighted by Gasteiger charge is -1.99. The second kappa shape index (κ2) is 5.56. The second-order valence-electron chi connectivity index (χ2n) is 3.09. The van der Waals surface area contributed by atoms with E-state index in [1.54, 1.807) is 13.0 Å². The molecule has 0 radical (unpaired) electrons. The minimum absolute atomic E-state index is 0.339. The average Bonchev–Trinajstić information content (AvgIpc) is 2.20. The number of benzene rings is 1. The van der Waals surface area contributed by atoms with Crippen LogP contribution in [0, 0.1) is 6.92 Å². The van der Waals surface area contributed by atoms with Gasteiger partial charge < -0.3 is 4.74 Å². The summed E-state index contributed by atoms with van der Waals surface area (Å²) in [6.07, 6.45) is 3.08. The standard InChI is InChI=1S/C12H13ClO2/c1-3-15-12(14)7-6-10-5-4-9(2)11(13)8-10/h4-8H,3H2,1-2H3. The molecule has 80 valence electrons. The molecule has 0 N–H and O–H groups in total. The van der Waals surface area contributed by atoms with Crippen LogP contribution in [-0.4, -0.2) is 12.6 Å². The fourth-order valence-electron chi connectivity index (χ4n) is 1.07. The molecule has 1 aromatic carbocycles. The molecule has 0 saturated carbocycles. The van der Waals surface area contributed by atoms with E-state index in [1.165, 1.54) is 6.08 Å². The lowest BCUT2D eigenvalue weighted by molar-refractivity contribution is -0.137. The summed E-state index contributed by atoms with van der Waals surface area (Å²) in [5, 5.41) is 0.695. The van der Waals surface area contributed by atoms with Crippen LogP contribution in [0.15, 0.2) is 24.3 Å². The van der Waals surface area contributed by atoms with E-state index in [-0.39, 0.29) is 5.97 Å². The van der Waals surface area contributed by atoms with Crippen LogP contribution in [0.2, 0.25) is 5.02 Å². The van der Waals surface area contributed by atoms with Crippen molar-refractivity contribution in [1.29, 1.82) is 0 Å². The van der Waals surface area contributed by atoms with E-state index in [0.717, 1.165) is 11.1 Å². The van der Waals surface area contributed by atoms with E-state index < -0.39 is 0 Å². The molecule has 0 saturated heterocycles. The van der Waals surface area contributed by atoms with Crippen molar-refractivity contribution in [3.8, 4) is 0 Å². The first-order chi connectivity index (χ1) is 7.13. The minimum Gasteiger partial charge on any atom is -0.463 e. The Morgan fingerprint density at radius 2 is 2.27 bits per heavy atom. The fraction of sp³-hybridized carbons (Fsp3) is 0.250. The molecule has 15 heavy (non-hydrogen) atoms. The van der Waals surface area contributed by atoms with Crippen LogP contribution in [0.1, 0.15) is 18.1 Å². The molecule has 1 aromatic rings. The normalized spacial score (nSPS) is 10.6. The van der Waals surface area contributed by atoms with Gasteiger partial charge in [0.15, 0.2) is 0 Å². The monoisotopic (exact) mass is 224 g/mol. The minimum atomic E-state index is -0.339. The lowest BCUT2D eigenvalue weighted by atomic mass is 10.1. The van der Waals surface area contributed by atoms with Crippen LogP contribution in [0.3, 0.4) is 0 Å². The molecule has 0 unspecified atom stereocenters. The van der Waals surface area contributed by atoms with Crippen molar-refractivity contribution in [2.45, 2.75) is 13.8 Å². The Balaban J connectivity index is 2.72. The lowest BCUT2D eigenvalue weighted by Crippen LogP contribution is -1.98. The summed E-state index contributed by atoms with van der Waals surface area (Å²) in [6, 6.07) is 5.62. The molecule has 0 heterocycles. The van der Waals surface area contributed by atoms with E-state index in [0.29, 0.717) is 11.6 Å². The molecule has 2 nitrogen and oxygen atoms in total. The average molecular weight is 225 g/mol. The Morgan fingerprint density at radius 3 is 2.87 bits per heavy atom. The van der Waals surface area contributed by atoms with Crippen LogP contribution in [0.4, 0.5) is 0 Å². The van der Waals surface area contributed by atoms with E-state index in [2.05, 4.69) is 0 Å². The molecular formula is C12H13ClO2. The van der Waals surface area contributed by atoms with E-state index in [4.69, 9.17) is 16.3 Å². The van der Waals surface area contributed by atoms with Gasteiger partial charge in [0.1, 0.15) is 0 Å². The number of carbonyl (C=O) groups is 1. The molecule has 1 rings (SSSR count). The molecule has 0 atom stereocenters. The molecular weight excluding hydrogens is 212 g/mol. The molecule has 0 fully saturated rings. The van der Waals surface area contributed by atoms with Crippen LogP contribution in [-0.2, 0) is 9.53 Å². The number of rotatable bonds is 3. The van der Waals surface area contributed by atoms with Crippen LogP contribution in [0.25, 0.3) is 6.08 Å². The first-order valence-corrected chi connectivity index (χ1v) is 5.12. The summed E-state index contributed by atoms with van der Waals surface area (Å²) in [5.41, 5.74) is 1.91. The van der Waals surface area contributed by atoms with Crippen LogP contribution in [0.5, 0.6) is 0 Å². The number of hydrogen-bond acceptors (Lipinski definition) is 2. The zero-order chi connectivity index (χ0) is 11.3. The van der Waals surface area contributed by atoms with Crippen LogP contribution < -0.4 is 0 Å². The van der Waals surface area contributed by atoms with E-state index in [9.17, 15) is 4.79 Å². The highest BCUT2D eigenvalue weighted by molar-refractivity contribution is 6.31. The topological polar surface area (TPSA) is 26.3 Å². The summed E-state index contributed by atoms with van der Waals surface area (Å²) >= 11 is 5.94. The molecule has 0 bridgehead atoms. The molecule has 0 aliphatic rings. The van der Waals surface area contributed by atoms with Crippen molar-refractivity contribution in [3.05, 3.63) is 40.4 Å². The van der Waals surface area contributed by atoms with E-state index >= 15 is 0 Å². The van der Waals surface area contributed by atoms with Gasteiger partial charge in [-0.3, -0.25) is 0 Å². The van der Waals surface area contributed by atoms with Gasteiger partial charge in [-0.05, 0) is 37.1 Å². The Hall–Kier alpha value is -1.28. The molecule has 0 spiro atoms. The van der Waals surface area contributed by atoms with Gasteiger partial charge in [-0.1, -0.05) is 23.7 Å². The van der Waals surface area contributed by atoms with Gasteiger partial charge >= 0.3 is 5.97 Å². The second-order valence-corrected chi connectivity index (χ2v) is 3.50. The maximum absolute atomic E-state index is 11.0. The Morgan fingerprint density at radius 1 is 1.53 bits per heavy atom. The summed E-state index contributed by atoms with van der Waals surface area (Å²) in [5.74, 6) is -0.339. The van der Waals surface area contributed by atoms with Gasteiger partial charge in [0.05, 0.1) is 6.61 Å². The third-order valence-electron chi connectivity index (χ3n) is 1.89. The van der Waals surface area contributed by atoms with Crippen molar-refractivity contribution in [1.82, 2.24) is 0 Å². The fourth-order valence-corrected chi connectivity index (χ4v) is 1.26. The first kappa shape index (κ1) is 11.8. The number of halogens is 1. The number of hydrogen-bond donors (Lipinski definition) is 0. The highest BCUT2D eigenvalue weighted by Crippen LogP contribution is 2.17. The first-order valence-electron chi connectivity index (χ1n) is 4.74. The van der Waals surface area contributed by atoms with Crippen LogP contribution >= 0.6 is 11.6 Å². The quantitative estimate of drug-likeness (QED) is 0.582. The molecule has 0 aliphatic carbocycles. The van der Waals surface area contributed by atoms with Gasteiger partial charge in [-0.2, -0.15) is 0 Å². The largest absolute Gasteiger partial charge is 0.463 e. The van der Waals surface area contributed by atoms with Gasteiger partial charge in [0.2, 0.25) is 0 Å². The van der Waals surface area contributed by atoms with Gasteiger partial charge in [-0.15, -0.1) is 0 Å². The smallest absolute Gasteiger partial charge is 0.330 e. The van der Waals surface area contributed by atoms with Crippen molar-refractivity contribution < 1.29 is 9.53 Å². The molecule has 0 amide bonds. The highest BCUT2D eigenvalue weighted by Gasteiger charge is 1.97. The van der Waals surface area contributed by atoms with Crippen molar-refractivity contribution in [2.24, 2.45) is 0 Å². The highest BCUT2D eigenvalue weighted by atomic mass is 35.5. The maximum Gasteiger partial charge on any atom is 0.330 e. The Labute approximate surface area is 94.5 Å². The van der Waals surface area contributed by atoms with E-state index in [1.807, 2.05) is 25.1 Å². The molecule has 0 aliphatic heterocycles. The third kappa shape index (κ3) is 3.76. The van der Waals surface area contributed by atoms with Crippen molar-refractivity contribution in [3.63, 3.8) is 0 Å². The number of esters is 1. The number of carbonyl (C=O) groups excluding carboxylic acids is 1. The van der Waals surface area contributed by atoms with Gasteiger partial charge in [-0.25, -0.2) is 4.79 Å². The summed E-state index contributed by atoms with van der Waals surface area (Å²) in [6.45, 7) is 4.09. The third-order valence-corrected chi connectivity index (χ3v) is 2.30. The zero-order valence-electron chi connectivity index (χ0n) is 8.79. The number of aryl methyl sites for hydroxylation is 1. The van der Waals surface area contributed by atoms with Gasteiger partial charge in [0, 0.05) is 11.1 Å². The molecule has 3 heteroatoms. The Kier molecular flexibility index (Phi) is 4.37. The maximum atomic E-state index is 11.0. The summed E-state index contributed by atoms with van der Waals surface area (Å²) in [4.78, 5) is 11.0. The SMILES string of the molecule is CCOC(=O)C=Cc1ccc(C)c(Cl)c1. The van der Waals surface area contributed by atoms with Crippen molar-refractivity contribution >= 4 is 23.6 Å². The van der Waals surface area contributed by atoms with Gasteiger partial charge in [0.25, 0.3) is 0 Å². The molecule has 0 aromatic heterocycles.